The van der Waals surface area contributed by atoms with Crippen LogP contribution < -0.4 is 0 Å². The van der Waals surface area contributed by atoms with Crippen LogP contribution in [-0.2, 0) is 0 Å². The van der Waals surface area contributed by atoms with Crippen LogP contribution in [0.5, 0.6) is 0 Å². The zero-order valence-electron chi connectivity index (χ0n) is 19.3. The second-order valence-corrected chi connectivity index (χ2v) is 9.49. The number of rotatable bonds is 14. The first-order chi connectivity index (χ1) is 14.7. The summed E-state index contributed by atoms with van der Waals surface area (Å²) in [5, 5.41) is 0. The van der Waals surface area contributed by atoms with Gasteiger partial charge in [0.2, 0.25) is 0 Å². The van der Waals surface area contributed by atoms with Gasteiger partial charge in [-0.1, -0.05) is 82.9 Å². The number of benzene rings is 1. The summed E-state index contributed by atoms with van der Waals surface area (Å²) in [5.74, 6) is 1.16. The molecule has 1 aromatic carbocycles. The Morgan fingerprint density at radius 1 is 0.800 bits per heavy atom. The molecule has 3 heteroatoms. The van der Waals surface area contributed by atoms with Crippen LogP contribution in [0.15, 0.2) is 63.4 Å². The molecule has 0 N–H and O–H groups in total. The first kappa shape index (κ1) is 24.7. The standard InChI is InChI=1S/C27H40N2S/c1-4-5-6-7-8-9-10-11-12-16-21-30-27-22-25(19-20-26(27)28-23(2)3)29-24-17-14-13-15-18-24/h13-15,17-20,22-23H,4-12,16,21H2,1-3H3/b28-26-,29-25+. The summed E-state index contributed by atoms with van der Waals surface area (Å²) in [6, 6.07) is 10.5. The van der Waals surface area contributed by atoms with Crippen molar-refractivity contribution >= 4 is 28.9 Å². The van der Waals surface area contributed by atoms with E-state index in [1.165, 1.54) is 69.1 Å². The van der Waals surface area contributed by atoms with E-state index in [2.05, 4.69) is 39.0 Å². The fourth-order valence-corrected chi connectivity index (χ4v) is 4.54. The number of unbranched alkanes of at least 4 members (excludes halogenated alkanes) is 9. The van der Waals surface area contributed by atoms with E-state index in [-0.39, 0.29) is 0 Å². The van der Waals surface area contributed by atoms with Crippen molar-refractivity contribution in [2.24, 2.45) is 9.98 Å². The molecule has 2 rings (SSSR count). The lowest BCUT2D eigenvalue weighted by molar-refractivity contribution is 0.563. The molecule has 0 radical (unpaired) electrons. The predicted molar refractivity (Wildman–Crippen MR) is 138 cm³/mol. The van der Waals surface area contributed by atoms with Gasteiger partial charge in [0.1, 0.15) is 0 Å². The van der Waals surface area contributed by atoms with Crippen LogP contribution in [0.25, 0.3) is 0 Å². The van der Waals surface area contributed by atoms with Gasteiger partial charge >= 0.3 is 0 Å². The molecule has 1 aliphatic rings. The molecule has 30 heavy (non-hydrogen) atoms. The number of nitrogens with zero attached hydrogens (tertiary/aromatic N) is 2. The lowest BCUT2D eigenvalue weighted by Gasteiger charge is -2.13. The van der Waals surface area contributed by atoms with Gasteiger partial charge < -0.3 is 0 Å². The largest absolute Gasteiger partial charge is 0.281 e. The third-order valence-electron chi connectivity index (χ3n) is 5.11. The molecule has 0 atom stereocenters. The fourth-order valence-electron chi connectivity index (χ4n) is 3.50. The Bertz CT molecular complexity index is 714. The molecule has 0 aromatic heterocycles. The van der Waals surface area contributed by atoms with Crippen LogP contribution in [0.4, 0.5) is 5.69 Å². The molecule has 0 aliphatic heterocycles. The molecule has 0 unspecified atom stereocenters. The maximum atomic E-state index is 4.82. The molecule has 164 valence electrons. The average Bonchev–Trinajstić information content (AvgIpc) is 2.74. The first-order valence-electron chi connectivity index (χ1n) is 11.9. The molecule has 0 spiro atoms. The fraction of sp³-hybridized carbons (Fsp3) is 0.556. The van der Waals surface area contributed by atoms with E-state index in [4.69, 9.17) is 9.98 Å². The Morgan fingerprint density at radius 3 is 2.07 bits per heavy atom. The number of hydrogen-bond donors (Lipinski definition) is 0. The number of allylic oxidation sites excluding steroid dienone is 4. The van der Waals surface area contributed by atoms with E-state index in [0.29, 0.717) is 6.04 Å². The van der Waals surface area contributed by atoms with Gasteiger partial charge in [0, 0.05) is 10.9 Å². The Kier molecular flexibility index (Phi) is 12.5. The molecule has 0 heterocycles. The van der Waals surface area contributed by atoms with Gasteiger partial charge in [0.15, 0.2) is 0 Å². The van der Waals surface area contributed by atoms with Crippen LogP contribution in [0, 0.1) is 0 Å². The Morgan fingerprint density at radius 2 is 1.43 bits per heavy atom. The molecule has 0 fully saturated rings. The van der Waals surface area contributed by atoms with Crippen LogP contribution in [0.2, 0.25) is 0 Å². The van der Waals surface area contributed by atoms with Gasteiger partial charge in [-0.15, -0.1) is 11.8 Å². The minimum absolute atomic E-state index is 0.304. The molecule has 1 aromatic rings. The normalized spacial score (nSPS) is 16.6. The summed E-state index contributed by atoms with van der Waals surface area (Å²) in [6.45, 7) is 6.56. The molecule has 0 saturated heterocycles. The van der Waals surface area contributed by atoms with Crippen molar-refractivity contribution in [1.29, 1.82) is 0 Å². The van der Waals surface area contributed by atoms with Crippen molar-refractivity contribution in [2.75, 3.05) is 5.75 Å². The van der Waals surface area contributed by atoms with Crippen molar-refractivity contribution in [2.45, 2.75) is 91.0 Å². The maximum Gasteiger partial charge on any atom is 0.0714 e. The van der Waals surface area contributed by atoms with Crippen LogP contribution >= 0.6 is 11.8 Å². The second-order valence-electron chi connectivity index (χ2n) is 8.35. The van der Waals surface area contributed by atoms with Crippen molar-refractivity contribution in [3.8, 4) is 0 Å². The molecule has 1 aliphatic carbocycles. The SMILES string of the molecule is CCCCCCCCCCCCSC1=CC(=N/c2ccccc2)/C=CC/1=N/C(C)C. The molecular weight excluding hydrogens is 384 g/mol. The van der Waals surface area contributed by atoms with Crippen molar-refractivity contribution in [3.63, 3.8) is 0 Å². The Labute approximate surface area is 189 Å². The lowest BCUT2D eigenvalue weighted by Crippen LogP contribution is -2.09. The molecule has 2 nitrogen and oxygen atoms in total. The van der Waals surface area contributed by atoms with E-state index >= 15 is 0 Å². The summed E-state index contributed by atoms with van der Waals surface area (Å²) < 4.78 is 0. The Balaban J connectivity index is 1.77. The summed E-state index contributed by atoms with van der Waals surface area (Å²) in [7, 11) is 0. The smallest absolute Gasteiger partial charge is 0.0714 e. The molecule has 0 saturated carbocycles. The van der Waals surface area contributed by atoms with Crippen molar-refractivity contribution < 1.29 is 0 Å². The lowest BCUT2D eigenvalue weighted by atomic mass is 10.1. The maximum absolute atomic E-state index is 4.82. The van der Waals surface area contributed by atoms with Crippen molar-refractivity contribution in [3.05, 3.63) is 53.5 Å². The predicted octanol–water partition coefficient (Wildman–Crippen LogP) is 8.72. The van der Waals surface area contributed by atoms with Gasteiger partial charge in [-0.3, -0.25) is 4.99 Å². The summed E-state index contributed by atoms with van der Waals surface area (Å²) >= 11 is 1.94. The van der Waals surface area contributed by atoms with Gasteiger partial charge in [0.05, 0.1) is 17.1 Å². The van der Waals surface area contributed by atoms with E-state index in [9.17, 15) is 0 Å². The molecular formula is C27H40N2S. The van der Waals surface area contributed by atoms with Crippen LogP contribution in [0.1, 0.15) is 85.0 Å². The topological polar surface area (TPSA) is 24.7 Å². The Hall–Kier alpha value is -1.61. The number of hydrogen-bond acceptors (Lipinski definition) is 3. The van der Waals surface area contributed by atoms with Gasteiger partial charge in [-0.2, -0.15) is 0 Å². The highest BCUT2D eigenvalue weighted by molar-refractivity contribution is 8.04. The highest BCUT2D eigenvalue weighted by Crippen LogP contribution is 2.25. The zero-order valence-corrected chi connectivity index (χ0v) is 20.1. The zero-order chi connectivity index (χ0) is 21.4. The number of thioether (sulfide) groups is 1. The second kappa shape index (κ2) is 15.2. The first-order valence-corrected chi connectivity index (χ1v) is 12.9. The summed E-state index contributed by atoms with van der Waals surface area (Å²) in [5.41, 5.74) is 3.11. The van der Waals surface area contributed by atoms with Gasteiger partial charge in [-0.25, -0.2) is 4.99 Å². The van der Waals surface area contributed by atoms with E-state index in [1.54, 1.807) is 0 Å². The van der Waals surface area contributed by atoms with E-state index in [0.717, 1.165) is 22.9 Å². The van der Waals surface area contributed by atoms with E-state index in [1.807, 2.05) is 42.1 Å². The summed E-state index contributed by atoms with van der Waals surface area (Å²) in [6.07, 6.45) is 20.2. The van der Waals surface area contributed by atoms with Crippen LogP contribution in [-0.4, -0.2) is 23.2 Å². The van der Waals surface area contributed by atoms with Gasteiger partial charge in [0.25, 0.3) is 0 Å². The third kappa shape index (κ3) is 10.4. The van der Waals surface area contributed by atoms with E-state index < -0.39 is 0 Å². The average molecular weight is 425 g/mol. The highest BCUT2D eigenvalue weighted by Gasteiger charge is 2.12. The monoisotopic (exact) mass is 424 g/mol. The highest BCUT2D eigenvalue weighted by atomic mass is 32.2. The number of para-hydroxylation sites is 1. The number of aliphatic imine (C=N–C) groups is 2. The minimum atomic E-state index is 0.304. The minimum Gasteiger partial charge on any atom is -0.281 e. The molecule has 0 amide bonds. The van der Waals surface area contributed by atoms with Crippen molar-refractivity contribution in [1.82, 2.24) is 0 Å². The summed E-state index contributed by atoms with van der Waals surface area (Å²) in [4.78, 5) is 10.8. The quantitative estimate of drug-likeness (QED) is 0.216. The van der Waals surface area contributed by atoms with Crippen LogP contribution in [0.3, 0.4) is 0 Å². The third-order valence-corrected chi connectivity index (χ3v) is 6.24. The van der Waals surface area contributed by atoms with Gasteiger partial charge in [-0.05, 0) is 56.4 Å². The molecule has 0 bridgehead atoms.